The maximum atomic E-state index is 14.0. The number of benzene rings is 2. The highest BCUT2D eigenvalue weighted by atomic mass is 19.1. The van der Waals surface area contributed by atoms with Crippen molar-refractivity contribution in [2.24, 2.45) is 5.92 Å². The number of halogens is 1. The molecule has 4 rings (SSSR count). The molecular formula is C26H32FN3O2. The Hall–Kier alpha value is -2.73. The van der Waals surface area contributed by atoms with E-state index in [9.17, 15) is 14.0 Å². The smallest absolute Gasteiger partial charge is 0.253 e. The molecule has 1 N–H and O–H groups in total. The summed E-state index contributed by atoms with van der Waals surface area (Å²) in [5, 5.41) is 2.98. The van der Waals surface area contributed by atoms with Gasteiger partial charge in [-0.25, -0.2) is 4.39 Å². The van der Waals surface area contributed by atoms with Crippen LogP contribution in [0.5, 0.6) is 0 Å². The van der Waals surface area contributed by atoms with Gasteiger partial charge in [0.15, 0.2) is 0 Å². The van der Waals surface area contributed by atoms with Gasteiger partial charge in [-0.3, -0.25) is 14.5 Å². The lowest BCUT2D eigenvalue weighted by Gasteiger charge is -2.40. The van der Waals surface area contributed by atoms with E-state index in [0.29, 0.717) is 43.2 Å². The van der Waals surface area contributed by atoms with Crippen molar-refractivity contribution in [1.82, 2.24) is 15.1 Å². The van der Waals surface area contributed by atoms with Crippen molar-refractivity contribution >= 4 is 11.8 Å². The van der Waals surface area contributed by atoms with E-state index in [2.05, 4.69) is 10.2 Å². The maximum absolute atomic E-state index is 14.0. The number of nitrogens with one attached hydrogen (secondary N) is 1. The number of nitrogens with zero attached hydrogens (tertiary/aromatic N) is 2. The van der Waals surface area contributed by atoms with Gasteiger partial charge in [-0.2, -0.15) is 0 Å². The van der Waals surface area contributed by atoms with Gasteiger partial charge in [0.2, 0.25) is 5.91 Å². The third-order valence-electron chi connectivity index (χ3n) is 6.82. The number of carbonyl (C=O) groups excluding carboxylic acids is 2. The molecule has 32 heavy (non-hydrogen) atoms. The number of aryl methyl sites for hydroxylation is 1. The minimum atomic E-state index is -0.298. The fourth-order valence-electron chi connectivity index (χ4n) is 4.96. The van der Waals surface area contributed by atoms with Crippen molar-refractivity contribution < 1.29 is 14.0 Å². The van der Waals surface area contributed by atoms with Crippen LogP contribution in [0, 0.1) is 18.7 Å². The predicted molar refractivity (Wildman–Crippen MR) is 123 cm³/mol. The first-order valence-electron chi connectivity index (χ1n) is 11.6. The van der Waals surface area contributed by atoms with Gasteiger partial charge in [-0.15, -0.1) is 0 Å². The fraction of sp³-hybridized carbons (Fsp3) is 0.462. The van der Waals surface area contributed by atoms with E-state index >= 15 is 0 Å². The minimum Gasteiger partial charge on any atom is -0.351 e. The number of piperazine rings is 1. The number of amides is 2. The zero-order chi connectivity index (χ0) is 22.5. The van der Waals surface area contributed by atoms with E-state index in [1.54, 1.807) is 18.2 Å². The molecule has 0 aromatic heterocycles. The van der Waals surface area contributed by atoms with Gasteiger partial charge >= 0.3 is 0 Å². The summed E-state index contributed by atoms with van der Waals surface area (Å²) < 4.78 is 14.0. The SMILES string of the molecule is Cc1ccc(C(=O)N2CCN([C@H](C(=O)NCc3ccccc3F)C3CCCC3)CC2)cc1. The minimum absolute atomic E-state index is 0.0292. The Labute approximate surface area is 189 Å². The Bertz CT molecular complexity index is 932. The molecule has 5 nitrogen and oxygen atoms in total. The van der Waals surface area contributed by atoms with E-state index in [1.165, 1.54) is 6.07 Å². The van der Waals surface area contributed by atoms with Crippen molar-refractivity contribution in [3.8, 4) is 0 Å². The standard InChI is InChI=1S/C26H32FN3O2/c1-19-10-12-21(13-11-19)26(32)30-16-14-29(15-17-30)24(20-6-2-3-7-20)25(31)28-18-22-8-4-5-9-23(22)27/h4-5,8-13,20,24H,2-3,6-7,14-18H2,1H3,(H,28,31)/t24-/m0/s1. The highest BCUT2D eigenvalue weighted by Crippen LogP contribution is 2.31. The molecule has 1 atom stereocenters. The van der Waals surface area contributed by atoms with Crippen LogP contribution >= 0.6 is 0 Å². The molecule has 1 saturated carbocycles. The summed E-state index contributed by atoms with van der Waals surface area (Å²) in [6, 6.07) is 14.0. The zero-order valence-corrected chi connectivity index (χ0v) is 18.7. The van der Waals surface area contributed by atoms with E-state index in [1.807, 2.05) is 36.1 Å². The topological polar surface area (TPSA) is 52.7 Å². The van der Waals surface area contributed by atoms with Gasteiger partial charge in [-0.1, -0.05) is 48.7 Å². The van der Waals surface area contributed by atoms with Gasteiger partial charge in [0.25, 0.3) is 5.91 Å². The first kappa shape index (κ1) is 22.5. The third kappa shape index (κ3) is 5.18. The quantitative estimate of drug-likeness (QED) is 0.749. The molecule has 0 spiro atoms. The fourth-order valence-corrected chi connectivity index (χ4v) is 4.96. The third-order valence-corrected chi connectivity index (χ3v) is 6.82. The van der Waals surface area contributed by atoms with Crippen molar-refractivity contribution in [2.75, 3.05) is 26.2 Å². The van der Waals surface area contributed by atoms with Crippen LogP contribution in [0.4, 0.5) is 4.39 Å². The van der Waals surface area contributed by atoms with Gasteiger partial charge in [0.1, 0.15) is 5.82 Å². The largest absolute Gasteiger partial charge is 0.351 e. The maximum Gasteiger partial charge on any atom is 0.253 e. The Morgan fingerprint density at radius 2 is 1.66 bits per heavy atom. The number of hydrogen-bond acceptors (Lipinski definition) is 3. The van der Waals surface area contributed by atoms with Crippen LogP contribution in [0.2, 0.25) is 0 Å². The Morgan fingerprint density at radius 3 is 2.31 bits per heavy atom. The summed E-state index contributed by atoms with van der Waals surface area (Å²) in [6.45, 7) is 4.76. The molecule has 6 heteroatoms. The van der Waals surface area contributed by atoms with E-state index in [4.69, 9.17) is 0 Å². The van der Waals surface area contributed by atoms with Crippen LogP contribution in [0.1, 0.15) is 47.2 Å². The van der Waals surface area contributed by atoms with Crippen LogP contribution < -0.4 is 5.32 Å². The molecule has 2 aromatic carbocycles. The molecule has 0 bridgehead atoms. The lowest BCUT2D eigenvalue weighted by Crippen LogP contribution is -2.57. The Kier molecular flexibility index (Phi) is 7.20. The molecule has 2 aromatic rings. The molecule has 170 valence electrons. The highest BCUT2D eigenvalue weighted by molar-refractivity contribution is 5.94. The molecular weight excluding hydrogens is 405 g/mol. The van der Waals surface area contributed by atoms with Crippen LogP contribution in [-0.2, 0) is 11.3 Å². The van der Waals surface area contributed by atoms with E-state index in [0.717, 1.165) is 31.2 Å². The van der Waals surface area contributed by atoms with Gasteiger partial charge in [0, 0.05) is 43.9 Å². The number of carbonyl (C=O) groups is 2. The molecule has 2 aliphatic rings. The summed E-state index contributed by atoms with van der Waals surface area (Å²) in [4.78, 5) is 30.2. The molecule has 1 aliphatic carbocycles. The average molecular weight is 438 g/mol. The number of rotatable bonds is 6. The molecule has 0 radical (unpaired) electrons. The zero-order valence-electron chi connectivity index (χ0n) is 18.7. The molecule has 2 fully saturated rings. The lowest BCUT2D eigenvalue weighted by atomic mass is 9.94. The first-order chi connectivity index (χ1) is 15.5. The highest BCUT2D eigenvalue weighted by Gasteiger charge is 2.37. The summed E-state index contributed by atoms with van der Waals surface area (Å²) >= 11 is 0. The van der Waals surface area contributed by atoms with Crippen LogP contribution in [0.25, 0.3) is 0 Å². The van der Waals surface area contributed by atoms with E-state index in [-0.39, 0.29) is 30.2 Å². The van der Waals surface area contributed by atoms with E-state index < -0.39 is 0 Å². The van der Waals surface area contributed by atoms with Crippen LogP contribution in [0.3, 0.4) is 0 Å². The average Bonchev–Trinajstić information content (AvgIpc) is 3.33. The molecule has 2 amide bonds. The lowest BCUT2D eigenvalue weighted by molar-refractivity contribution is -0.129. The summed E-state index contributed by atoms with van der Waals surface area (Å²) in [5.74, 6) is 0.0351. The van der Waals surface area contributed by atoms with Crippen molar-refractivity contribution in [3.05, 3.63) is 71.0 Å². The van der Waals surface area contributed by atoms with Crippen molar-refractivity contribution in [3.63, 3.8) is 0 Å². The molecule has 0 unspecified atom stereocenters. The van der Waals surface area contributed by atoms with Gasteiger partial charge < -0.3 is 10.2 Å². The van der Waals surface area contributed by atoms with Crippen molar-refractivity contribution in [2.45, 2.75) is 45.2 Å². The monoisotopic (exact) mass is 437 g/mol. The molecule has 1 aliphatic heterocycles. The normalized spacial score (nSPS) is 18.5. The second-order valence-corrected chi connectivity index (χ2v) is 8.99. The second kappa shape index (κ2) is 10.3. The Morgan fingerprint density at radius 1 is 1.00 bits per heavy atom. The first-order valence-corrected chi connectivity index (χ1v) is 11.6. The predicted octanol–water partition coefficient (Wildman–Crippen LogP) is 3.77. The summed E-state index contributed by atoms with van der Waals surface area (Å²) in [5.41, 5.74) is 2.34. The van der Waals surface area contributed by atoms with Gasteiger partial charge in [0.05, 0.1) is 6.04 Å². The van der Waals surface area contributed by atoms with Crippen LogP contribution in [-0.4, -0.2) is 53.8 Å². The molecule has 1 saturated heterocycles. The van der Waals surface area contributed by atoms with Crippen LogP contribution in [0.15, 0.2) is 48.5 Å². The Balaban J connectivity index is 1.39. The number of hydrogen-bond donors (Lipinski definition) is 1. The molecule has 1 heterocycles. The summed E-state index contributed by atoms with van der Waals surface area (Å²) in [6.07, 6.45) is 4.38. The van der Waals surface area contributed by atoms with Gasteiger partial charge in [-0.05, 0) is 43.9 Å². The summed E-state index contributed by atoms with van der Waals surface area (Å²) in [7, 11) is 0. The second-order valence-electron chi connectivity index (χ2n) is 8.99. The van der Waals surface area contributed by atoms with Crippen molar-refractivity contribution in [1.29, 1.82) is 0 Å².